The predicted octanol–water partition coefficient (Wildman–Crippen LogP) is 1.00. The van der Waals surface area contributed by atoms with Crippen molar-refractivity contribution in [1.29, 1.82) is 0 Å². The van der Waals surface area contributed by atoms with E-state index in [0.717, 1.165) is 24.3 Å². The number of hydrogen-bond acceptors (Lipinski definition) is 6. The van der Waals surface area contributed by atoms with Crippen LogP contribution in [0.4, 0.5) is 0 Å². The van der Waals surface area contributed by atoms with Gasteiger partial charge in [-0.05, 0) is 13.8 Å². The third-order valence-electron chi connectivity index (χ3n) is 4.43. The van der Waals surface area contributed by atoms with Crippen molar-refractivity contribution < 1.29 is 39.6 Å². The van der Waals surface area contributed by atoms with Gasteiger partial charge in [0.1, 0.15) is 0 Å². The van der Waals surface area contributed by atoms with Crippen LogP contribution in [-0.2, 0) is 9.59 Å². The molecule has 0 aliphatic heterocycles. The molecule has 2 atom stereocenters. The molecule has 0 amide bonds. The van der Waals surface area contributed by atoms with E-state index in [1.54, 1.807) is 13.8 Å². The molecule has 0 aromatic heterocycles. The Balaban J connectivity index is 2.69. The maximum absolute atomic E-state index is 12.8. The molecule has 8 nitrogen and oxygen atoms in total. The highest BCUT2D eigenvalue weighted by Gasteiger charge is 2.69. The lowest BCUT2D eigenvalue weighted by atomic mass is 9.73. The van der Waals surface area contributed by atoms with Crippen LogP contribution in [0, 0.1) is 13.8 Å². The normalized spacial score (nSPS) is 15.1. The van der Waals surface area contributed by atoms with E-state index in [-0.39, 0.29) is 11.1 Å². The van der Waals surface area contributed by atoms with Crippen LogP contribution in [0.25, 0.3) is 0 Å². The smallest absolute Gasteiger partial charge is 0.348 e. The number of rotatable bonds is 7. The average Bonchev–Trinajstić information content (AvgIpc) is 2.66. The van der Waals surface area contributed by atoms with Gasteiger partial charge in [-0.1, -0.05) is 59.7 Å². The number of carbonyl (C=O) groups is 4. The lowest BCUT2D eigenvalue weighted by Crippen LogP contribution is -2.71. The Hall–Kier alpha value is -3.36. The molecule has 2 aromatic rings. The summed E-state index contributed by atoms with van der Waals surface area (Å²) in [5.41, 5.74) is -7.27. The summed E-state index contributed by atoms with van der Waals surface area (Å²) < 4.78 is 0. The summed E-state index contributed by atoms with van der Waals surface area (Å²) >= 11 is 0. The van der Waals surface area contributed by atoms with Crippen LogP contribution in [0.5, 0.6) is 0 Å². The predicted molar refractivity (Wildman–Crippen MR) is 96.2 cm³/mol. The van der Waals surface area contributed by atoms with Crippen LogP contribution < -0.4 is 0 Å². The second-order valence-electron chi connectivity index (χ2n) is 6.42. The van der Waals surface area contributed by atoms with Gasteiger partial charge in [0.25, 0.3) is 11.2 Å². The lowest BCUT2D eigenvalue weighted by molar-refractivity contribution is -0.187. The van der Waals surface area contributed by atoms with Gasteiger partial charge in [0, 0.05) is 11.1 Å². The number of carboxylic acids is 2. The second-order valence-corrected chi connectivity index (χ2v) is 6.42. The van der Waals surface area contributed by atoms with Crippen LogP contribution in [0.2, 0.25) is 0 Å². The van der Waals surface area contributed by atoms with E-state index in [0.29, 0.717) is 11.1 Å². The fraction of sp³-hybridized carbons (Fsp3) is 0.200. The van der Waals surface area contributed by atoms with Gasteiger partial charge in [0.2, 0.25) is 11.6 Å². The lowest BCUT2D eigenvalue weighted by Gasteiger charge is -2.34. The van der Waals surface area contributed by atoms with E-state index in [2.05, 4.69) is 0 Å². The fourth-order valence-electron chi connectivity index (χ4n) is 2.66. The first-order chi connectivity index (χ1) is 13.0. The van der Waals surface area contributed by atoms with Crippen molar-refractivity contribution in [3.8, 4) is 0 Å². The molecule has 1 unspecified atom stereocenters. The number of ketones is 2. The highest BCUT2D eigenvalue weighted by molar-refractivity contribution is 6.28. The minimum Gasteiger partial charge on any atom is -0.479 e. The molecule has 4 N–H and O–H groups in total. The van der Waals surface area contributed by atoms with Gasteiger partial charge in [-0.25, -0.2) is 9.59 Å². The molecule has 0 aliphatic carbocycles. The van der Waals surface area contributed by atoms with Gasteiger partial charge in [0.05, 0.1) is 0 Å². The number of benzene rings is 2. The summed E-state index contributed by atoms with van der Waals surface area (Å²) in [6.07, 6.45) is 0. The maximum atomic E-state index is 12.8. The average molecular weight is 386 g/mol. The summed E-state index contributed by atoms with van der Waals surface area (Å²) in [5, 5.41) is 40.3. The number of aliphatic hydroxyl groups is 2. The Morgan fingerprint density at radius 3 is 1.07 bits per heavy atom. The van der Waals surface area contributed by atoms with Crippen molar-refractivity contribution in [2.24, 2.45) is 0 Å². The quantitative estimate of drug-likeness (QED) is 0.407. The maximum Gasteiger partial charge on any atom is 0.348 e. The Bertz CT molecular complexity index is 866. The molecular formula is C20H18O8. The zero-order chi connectivity index (χ0) is 21.3. The number of carboxylic acid groups (broad SMARTS) is 2. The molecule has 28 heavy (non-hydrogen) atoms. The van der Waals surface area contributed by atoms with E-state index in [4.69, 9.17) is 0 Å². The summed E-state index contributed by atoms with van der Waals surface area (Å²) in [6, 6.07) is 10.3. The molecule has 146 valence electrons. The van der Waals surface area contributed by atoms with Gasteiger partial charge >= 0.3 is 11.9 Å². The molecule has 8 heteroatoms. The zero-order valence-corrected chi connectivity index (χ0v) is 15.0. The largest absolute Gasteiger partial charge is 0.479 e. The van der Waals surface area contributed by atoms with Gasteiger partial charge in [0.15, 0.2) is 0 Å². The van der Waals surface area contributed by atoms with Gasteiger partial charge in [-0.3, -0.25) is 9.59 Å². The molecule has 0 radical (unpaired) electrons. The van der Waals surface area contributed by atoms with Crippen LogP contribution in [0.1, 0.15) is 31.8 Å². The number of aryl methyl sites for hydroxylation is 2. The minimum absolute atomic E-state index is 0.383. The minimum atomic E-state index is -3.96. The molecule has 0 fully saturated rings. The molecule has 2 rings (SSSR count). The highest BCUT2D eigenvalue weighted by Crippen LogP contribution is 2.32. The van der Waals surface area contributed by atoms with E-state index >= 15 is 0 Å². The summed E-state index contributed by atoms with van der Waals surface area (Å²) in [4.78, 5) is 49.1. The highest BCUT2D eigenvalue weighted by atomic mass is 16.5. The summed E-state index contributed by atoms with van der Waals surface area (Å²) in [7, 11) is 0. The number of aliphatic carboxylic acids is 2. The van der Waals surface area contributed by atoms with Crippen LogP contribution in [0.15, 0.2) is 48.5 Å². The Morgan fingerprint density at radius 1 is 0.607 bits per heavy atom. The molecule has 2 aromatic carbocycles. The third-order valence-corrected chi connectivity index (χ3v) is 4.43. The topological polar surface area (TPSA) is 149 Å². The van der Waals surface area contributed by atoms with E-state index < -0.39 is 34.7 Å². The molecule has 0 aliphatic rings. The number of hydrogen-bond donors (Lipinski definition) is 4. The first-order valence-electron chi connectivity index (χ1n) is 8.10. The monoisotopic (exact) mass is 386 g/mol. The third kappa shape index (κ3) is 3.19. The van der Waals surface area contributed by atoms with Gasteiger partial charge in [-0.15, -0.1) is 0 Å². The van der Waals surface area contributed by atoms with Crippen LogP contribution in [0.3, 0.4) is 0 Å². The van der Waals surface area contributed by atoms with E-state index in [1.165, 1.54) is 24.3 Å². The Labute approximate surface area is 159 Å². The van der Waals surface area contributed by atoms with Crippen molar-refractivity contribution in [2.45, 2.75) is 25.0 Å². The van der Waals surface area contributed by atoms with Crippen LogP contribution in [-0.4, -0.2) is 55.1 Å². The van der Waals surface area contributed by atoms with Crippen molar-refractivity contribution >= 4 is 23.5 Å². The van der Waals surface area contributed by atoms with Gasteiger partial charge in [-0.2, -0.15) is 0 Å². The van der Waals surface area contributed by atoms with Crippen molar-refractivity contribution in [1.82, 2.24) is 0 Å². The standard InChI is InChI=1S/C20H18O8/c1-11-3-7-13(8-4-11)15(21)19(27,17(23)24)20(28,18(25)26)16(22)14-9-5-12(2)6-10-14/h3-10,27-28H,1-2H3,(H,23,24)(H,25,26)/t19-,20?/m0/s1. The molecule has 0 bridgehead atoms. The van der Waals surface area contributed by atoms with Crippen LogP contribution >= 0.6 is 0 Å². The first kappa shape index (κ1) is 20.9. The molecule has 0 saturated heterocycles. The fourth-order valence-corrected chi connectivity index (χ4v) is 2.66. The zero-order valence-electron chi connectivity index (χ0n) is 15.0. The summed E-state index contributed by atoms with van der Waals surface area (Å²) in [5.74, 6) is -8.01. The Morgan fingerprint density at radius 2 is 0.857 bits per heavy atom. The van der Waals surface area contributed by atoms with Crippen molar-refractivity contribution in [2.75, 3.05) is 0 Å². The SMILES string of the molecule is Cc1ccc(C(=O)C(O)(C(=O)O)[C@@](O)(C(=O)O)C(=O)c2ccc(C)cc2)cc1. The van der Waals surface area contributed by atoms with E-state index in [9.17, 15) is 39.6 Å². The van der Waals surface area contributed by atoms with Gasteiger partial charge < -0.3 is 20.4 Å². The summed E-state index contributed by atoms with van der Waals surface area (Å²) in [6.45, 7) is 3.37. The number of Topliss-reactive ketones (excluding diaryl/α,β-unsaturated/α-hetero) is 2. The van der Waals surface area contributed by atoms with E-state index in [1.807, 2.05) is 0 Å². The number of carbonyl (C=O) groups excluding carboxylic acids is 2. The Kier molecular flexibility index (Phi) is 5.49. The molecule has 0 saturated carbocycles. The molecule has 0 spiro atoms. The first-order valence-corrected chi connectivity index (χ1v) is 8.10. The van der Waals surface area contributed by atoms with Crippen molar-refractivity contribution in [3.63, 3.8) is 0 Å². The molecular weight excluding hydrogens is 368 g/mol. The second kappa shape index (κ2) is 7.34. The van der Waals surface area contributed by atoms with Crippen molar-refractivity contribution in [3.05, 3.63) is 70.8 Å². The molecule has 0 heterocycles.